The topological polar surface area (TPSA) is 118 Å². The van der Waals surface area contributed by atoms with Gasteiger partial charge in [0.05, 0.1) is 6.10 Å². The van der Waals surface area contributed by atoms with E-state index in [1.54, 1.807) is 4.90 Å². The minimum absolute atomic E-state index is 0.455. The Morgan fingerprint density at radius 1 is 1.00 bits per heavy atom. The second kappa shape index (κ2) is 12.4. The Morgan fingerprint density at radius 2 is 1.57 bits per heavy atom. The SMILES string of the molecule is C[C@H](O)[C@@H](NC(=O)N1CCN(c2ccc(-c3ccc(OCCN(C)C)cc3)cc2)CC1)C(=O)NO. The fraction of sp³-hybridized carbons (Fsp3) is 0.440. The zero-order valence-corrected chi connectivity index (χ0v) is 20.5. The van der Waals surface area contributed by atoms with E-state index >= 15 is 0 Å². The van der Waals surface area contributed by atoms with Crippen LogP contribution in [0.3, 0.4) is 0 Å². The Bertz CT molecular complexity index is 957. The van der Waals surface area contributed by atoms with Gasteiger partial charge in [0.1, 0.15) is 18.4 Å². The third-order valence-corrected chi connectivity index (χ3v) is 5.95. The number of likely N-dealkylation sites (N-methyl/N-ethyl adjacent to an activating group) is 1. The van der Waals surface area contributed by atoms with Crippen molar-refractivity contribution in [1.82, 2.24) is 20.6 Å². The number of hydrogen-bond donors (Lipinski definition) is 4. The number of anilines is 1. The van der Waals surface area contributed by atoms with E-state index in [0.29, 0.717) is 32.8 Å². The second-order valence-electron chi connectivity index (χ2n) is 8.84. The van der Waals surface area contributed by atoms with Crippen LogP contribution in [0.1, 0.15) is 6.92 Å². The standard InChI is InChI=1S/C25H35N5O5/c1-18(31)23(24(32)27-34)26-25(33)30-14-12-29(13-15-30)21-8-4-19(5-9-21)20-6-10-22(11-7-20)35-17-16-28(2)3/h4-11,18,23,31,34H,12-17H2,1-3H3,(H,26,33)(H,27,32)/t18-,23+/m0/s1. The number of carbonyl (C=O) groups excluding carboxylic acids is 2. The number of hydrogen-bond acceptors (Lipinski definition) is 7. The maximum atomic E-state index is 12.5. The zero-order chi connectivity index (χ0) is 25.4. The van der Waals surface area contributed by atoms with Gasteiger partial charge in [-0.15, -0.1) is 0 Å². The van der Waals surface area contributed by atoms with Gasteiger partial charge in [-0.1, -0.05) is 24.3 Å². The van der Waals surface area contributed by atoms with Crippen molar-refractivity contribution in [1.29, 1.82) is 0 Å². The van der Waals surface area contributed by atoms with Gasteiger partial charge in [-0.25, -0.2) is 10.3 Å². The molecule has 1 saturated heterocycles. The Labute approximate surface area is 206 Å². The summed E-state index contributed by atoms with van der Waals surface area (Å²) < 4.78 is 5.76. The van der Waals surface area contributed by atoms with E-state index in [2.05, 4.69) is 51.5 Å². The van der Waals surface area contributed by atoms with E-state index in [4.69, 9.17) is 9.94 Å². The van der Waals surface area contributed by atoms with Crippen LogP contribution in [0.4, 0.5) is 10.5 Å². The number of nitrogens with zero attached hydrogens (tertiary/aromatic N) is 3. The highest BCUT2D eigenvalue weighted by Crippen LogP contribution is 2.26. The molecule has 1 fully saturated rings. The molecule has 0 bridgehead atoms. The maximum Gasteiger partial charge on any atom is 0.318 e. The molecule has 1 aliphatic heterocycles. The van der Waals surface area contributed by atoms with Crippen molar-refractivity contribution in [3.05, 3.63) is 48.5 Å². The quantitative estimate of drug-likeness (QED) is 0.313. The maximum absolute atomic E-state index is 12.5. The van der Waals surface area contributed by atoms with Gasteiger partial charge in [0, 0.05) is 38.4 Å². The molecule has 1 aliphatic rings. The molecule has 190 valence electrons. The lowest BCUT2D eigenvalue weighted by atomic mass is 10.0. The molecule has 2 atom stereocenters. The van der Waals surface area contributed by atoms with Crippen molar-refractivity contribution in [3.63, 3.8) is 0 Å². The lowest BCUT2D eigenvalue weighted by Crippen LogP contribution is -2.58. The van der Waals surface area contributed by atoms with Crippen molar-refractivity contribution < 1.29 is 24.6 Å². The molecule has 0 unspecified atom stereocenters. The molecule has 0 saturated carbocycles. The predicted octanol–water partition coefficient (Wildman–Crippen LogP) is 1.38. The summed E-state index contributed by atoms with van der Waals surface area (Å²) >= 11 is 0. The summed E-state index contributed by atoms with van der Waals surface area (Å²) in [5, 5.41) is 21.0. The minimum Gasteiger partial charge on any atom is -0.492 e. The van der Waals surface area contributed by atoms with Gasteiger partial charge >= 0.3 is 6.03 Å². The van der Waals surface area contributed by atoms with Crippen molar-refractivity contribution in [2.75, 3.05) is 58.3 Å². The molecule has 10 nitrogen and oxygen atoms in total. The van der Waals surface area contributed by atoms with E-state index in [-0.39, 0.29) is 0 Å². The first-order chi connectivity index (χ1) is 16.8. The molecule has 1 heterocycles. The zero-order valence-electron chi connectivity index (χ0n) is 20.5. The molecule has 0 aromatic heterocycles. The van der Waals surface area contributed by atoms with Gasteiger partial charge in [-0.2, -0.15) is 0 Å². The van der Waals surface area contributed by atoms with E-state index < -0.39 is 24.1 Å². The van der Waals surface area contributed by atoms with Gasteiger partial charge in [0.25, 0.3) is 5.91 Å². The molecule has 3 amide bonds. The fourth-order valence-electron chi connectivity index (χ4n) is 3.82. The van der Waals surface area contributed by atoms with Gasteiger partial charge in [-0.3, -0.25) is 10.0 Å². The number of carbonyl (C=O) groups is 2. The smallest absolute Gasteiger partial charge is 0.318 e. The van der Waals surface area contributed by atoms with Crippen molar-refractivity contribution in [3.8, 4) is 16.9 Å². The van der Waals surface area contributed by atoms with E-state index in [9.17, 15) is 14.7 Å². The number of nitrogens with one attached hydrogen (secondary N) is 2. The predicted molar refractivity (Wildman–Crippen MR) is 134 cm³/mol. The van der Waals surface area contributed by atoms with Gasteiger partial charge < -0.3 is 29.9 Å². The molecule has 0 radical (unpaired) electrons. The normalized spacial score (nSPS) is 15.5. The van der Waals surface area contributed by atoms with Crippen LogP contribution in [0.15, 0.2) is 48.5 Å². The average Bonchev–Trinajstić information content (AvgIpc) is 2.87. The number of hydroxylamine groups is 1. The molecule has 0 aliphatic carbocycles. The molecular formula is C25H35N5O5. The summed E-state index contributed by atoms with van der Waals surface area (Å²) in [7, 11) is 4.03. The summed E-state index contributed by atoms with van der Waals surface area (Å²) in [4.78, 5) is 30.0. The molecule has 0 spiro atoms. The van der Waals surface area contributed by atoms with Crippen LogP contribution in [0, 0.1) is 0 Å². The molecule has 2 aromatic carbocycles. The first kappa shape index (κ1) is 26.3. The Balaban J connectivity index is 1.52. The fourth-order valence-corrected chi connectivity index (χ4v) is 3.82. The third-order valence-electron chi connectivity index (χ3n) is 5.95. The average molecular weight is 486 g/mol. The number of aliphatic hydroxyl groups is 1. The van der Waals surface area contributed by atoms with Crippen molar-refractivity contribution in [2.24, 2.45) is 0 Å². The van der Waals surface area contributed by atoms with Crippen LogP contribution >= 0.6 is 0 Å². The van der Waals surface area contributed by atoms with Crippen LogP contribution in [0.25, 0.3) is 11.1 Å². The molecule has 10 heteroatoms. The highest BCUT2D eigenvalue weighted by molar-refractivity contribution is 5.87. The summed E-state index contributed by atoms with van der Waals surface area (Å²) in [6, 6.07) is 14.7. The lowest BCUT2D eigenvalue weighted by Gasteiger charge is -2.36. The molecule has 2 aromatic rings. The first-order valence-electron chi connectivity index (χ1n) is 11.7. The Kier molecular flexibility index (Phi) is 9.30. The molecule has 4 N–H and O–H groups in total. The number of piperazine rings is 1. The number of benzene rings is 2. The van der Waals surface area contributed by atoms with Crippen LogP contribution < -0.4 is 20.4 Å². The lowest BCUT2D eigenvalue weighted by molar-refractivity contribution is -0.133. The summed E-state index contributed by atoms with van der Waals surface area (Å²) in [6.07, 6.45) is -1.14. The van der Waals surface area contributed by atoms with Crippen LogP contribution in [-0.4, -0.2) is 97.6 Å². The number of amides is 3. The minimum atomic E-state index is -1.23. The van der Waals surface area contributed by atoms with Gasteiger partial charge in [0.2, 0.25) is 0 Å². The Morgan fingerprint density at radius 3 is 2.09 bits per heavy atom. The molecule has 3 rings (SSSR count). The van der Waals surface area contributed by atoms with Gasteiger partial charge in [0.15, 0.2) is 0 Å². The number of aliphatic hydroxyl groups excluding tert-OH is 1. The summed E-state index contributed by atoms with van der Waals surface area (Å²) in [5.74, 6) is -0.00977. The number of rotatable bonds is 9. The molecule has 35 heavy (non-hydrogen) atoms. The Hall–Kier alpha value is -3.34. The monoisotopic (exact) mass is 485 g/mol. The summed E-state index contributed by atoms with van der Waals surface area (Å²) in [6.45, 7) is 5.09. The highest BCUT2D eigenvalue weighted by Gasteiger charge is 2.29. The second-order valence-corrected chi connectivity index (χ2v) is 8.84. The van der Waals surface area contributed by atoms with Crippen LogP contribution in [-0.2, 0) is 4.79 Å². The third kappa shape index (κ3) is 7.32. The van der Waals surface area contributed by atoms with E-state index in [1.165, 1.54) is 12.4 Å². The van der Waals surface area contributed by atoms with Crippen LogP contribution in [0.2, 0.25) is 0 Å². The number of urea groups is 1. The van der Waals surface area contributed by atoms with Gasteiger partial charge in [-0.05, 0) is 56.4 Å². The largest absolute Gasteiger partial charge is 0.492 e. The van der Waals surface area contributed by atoms with Crippen LogP contribution in [0.5, 0.6) is 5.75 Å². The van der Waals surface area contributed by atoms with Crippen molar-refractivity contribution >= 4 is 17.6 Å². The van der Waals surface area contributed by atoms with E-state index in [0.717, 1.165) is 29.1 Å². The first-order valence-corrected chi connectivity index (χ1v) is 11.7. The summed E-state index contributed by atoms with van der Waals surface area (Å²) in [5.41, 5.74) is 4.75. The van der Waals surface area contributed by atoms with Crippen molar-refractivity contribution in [2.45, 2.75) is 19.1 Å². The molecular weight excluding hydrogens is 450 g/mol. The van der Waals surface area contributed by atoms with E-state index in [1.807, 2.05) is 26.2 Å². The number of ether oxygens (including phenoxy) is 1. The highest BCUT2D eigenvalue weighted by atomic mass is 16.5.